The fraction of sp³-hybridized carbons (Fsp3) is 0.250. The zero-order valence-electron chi connectivity index (χ0n) is 21.8. The van der Waals surface area contributed by atoms with Crippen molar-refractivity contribution >= 4 is 40.8 Å². The van der Waals surface area contributed by atoms with Crippen molar-refractivity contribution in [1.29, 1.82) is 0 Å². The monoisotopic (exact) mass is 535 g/mol. The van der Waals surface area contributed by atoms with Gasteiger partial charge in [0.05, 0.1) is 27.8 Å². The molecule has 0 saturated carbocycles. The number of phenols is 1. The normalized spacial score (nSPS) is 13.6. The molecule has 4 rings (SSSR count). The number of halogens is 1. The van der Waals surface area contributed by atoms with Crippen molar-refractivity contribution in [2.45, 2.75) is 6.92 Å². The van der Waals surface area contributed by atoms with Crippen LogP contribution >= 0.6 is 11.6 Å². The van der Waals surface area contributed by atoms with E-state index in [0.717, 1.165) is 48.6 Å². The second-order valence-electron chi connectivity index (χ2n) is 9.49. The van der Waals surface area contributed by atoms with Gasteiger partial charge in [-0.25, -0.2) is 0 Å². The lowest BCUT2D eigenvalue weighted by Crippen LogP contribution is -2.43. The van der Waals surface area contributed by atoms with Crippen molar-refractivity contribution in [2.75, 3.05) is 61.2 Å². The Hall–Kier alpha value is -3.92. The Labute approximate surface area is 228 Å². The van der Waals surface area contributed by atoms with Crippen LogP contribution in [0.15, 0.2) is 54.9 Å². The maximum absolute atomic E-state index is 11.7. The molecule has 0 radical (unpaired) electrons. The van der Waals surface area contributed by atoms with E-state index in [1.165, 1.54) is 4.90 Å². The molecule has 0 aromatic heterocycles. The SMILES string of the molecule is Cc1cc(-c2ccc(N(C=O)/C=C\N(C)C)c(Cl)c2)c(O)c(-c2cc(NN)c(N)c(N3CCNCC3)c2)c1. The van der Waals surface area contributed by atoms with E-state index in [2.05, 4.69) is 15.6 Å². The number of hydrogen-bond acceptors (Lipinski definition) is 8. The highest BCUT2D eigenvalue weighted by atomic mass is 35.5. The van der Waals surface area contributed by atoms with Gasteiger partial charge in [0.25, 0.3) is 0 Å². The number of hydrazine groups is 1. The van der Waals surface area contributed by atoms with E-state index in [1.54, 1.807) is 24.5 Å². The minimum Gasteiger partial charge on any atom is -0.507 e. The van der Waals surface area contributed by atoms with Crippen LogP contribution in [0, 0.1) is 6.92 Å². The first kappa shape index (κ1) is 27.1. The summed E-state index contributed by atoms with van der Waals surface area (Å²) < 4.78 is 0. The third-order valence-corrected chi connectivity index (χ3v) is 6.82. The zero-order chi connectivity index (χ0) is 27.4. The Bertz CT molecular complexity index is 1350. The Morgan fingerprint density at radius 3 is 2.34 bits per heavy atom. The van der Waals surface area contributed by atoms with Gasteiger partial charge in [-0.3, -0.25) is 15.5 Å². The maximum atomic E-state index is 11.7. The number of phenolic OH excluding ortho intramolecular Hbond substituents is 1. The number of benzene rings is 3. The number of nitrogens with two attached hydrogens (primary N) is 2. The summed E-state index contributed by atoms with van der Waals surface area (Å²) in [5, 5.41) is 15.2. The van der Waals surface area contributed by atoms with Gasteiger partial charge < -0.3 is 31.4 Å². The van der Waals surface area contributed by atoms with Crippen molar-refractivity contribution < 1.29 is 9.90 Å². The van der Waals surface area contributed by atoms with E-state index < -0.39 is 0 Å². The average Bonchev–Trinajstić information content (AvgIpc) is 2.91. The first-order valence-electron chi connectivity index (χ1n) is 12.3. The van der Waals surface area contributed by atoms with Crippen LogP contribution in [0.5, 0.6) is 5.75 Å². The van der Waals surface area contributed by atoms with E-state index in [0.29, 0.717) is 39.6 Å². The topological polar surface area (TPSA) is 123 Å². The number of rotatable bonds is 8. The summed E-state index contributed by atoms with van der Waals surface area (Å²) in [7, 11) is 3.73. The molecule has 1 amide bonds. The summed E-state index contributed by atoms with van der Waals surface area (Å²) in [5.74, 6) is 5.92. The Morgan fingerprint density at radius 1 is 1.05 bits per heavy atom. The number of piperazine rings is 1. The molecule has 3 aromatic rings. The molecular weight excluding hydrogens is 502 g/mol. The molecule has 0 atom stereocenters. The Morgan fingerprint density at radius 2 is 1.74 bits per heavy atom. The lowest BCUT2D eigenvalue weighted by molar-refractivity contribution is -0.106. The van der Waals surface area contributed by atoms with Crippen LogP contribution in [-0.2, 0) is 4.79 Å². The minimum absolute atomic E-state index is 0.109. The standard InChI is InChI=1S/C28H34ClN7O2/c1-18-12-21(19-4-5-25(23(29)14-19)36(17-37)11-10-34(2)3)28(38)22(13-18)20-15-24(33-31)27(30)26(16-20)35-8-6-32-7-9-35/h4-5,10-17,32-33,38H,6-9,30-31H2,1-3H3/b11-10-. The van der Waals surface area contributed by atoms with Crippen molar-refractivity contribution in [2.24, 2.45) is 5.84 Å². The fourth-order valence-corrected chi connectivity index (χ4v) is 4.84. The number of nitrogen functional groups attached to an aromatic ring is 2. The first-order chi connectivity index (χ1) is 18.2. The number of anilines is 4. The van der Waals surface area contributed by atoms with E-state index in [4.69, 9.17) is 23.2 Å². The fourth-order valence-electron chi connectivity index (χ4n) is 4.56. The molecule has 0 bridgehead atoms. The predicted octanol–water partition coefficient (Wildman–Crippen LogP) is 3.96. The molecule has 1 heterocycles. The van der Waals surface area contributed by atoms with Gasteiger partial charge >= 0.3 is 0 Å². The second kappa shape index (κ2) is 11.6. The molecule has 10 heteroatoms. The summed E-state index contributed by atoms with van der Waals surface area (Å²) in [4.78, 5) is 17.1. The number of aryl methyl sites for hydroxylation is 1. The molecule has 0 aliphatic carbocycles. The Kier molecular flexibility index (Phi) is 8.31. The zero-order valence-corrected chi connectivity index (χ0v) is 22.6. The number of aromatic hydroxyl groups is 1. The van der Waals surface area contributed by atoms with E-state index in [9.17, 15) is 9.90 Å². The molecule has 200 valence electrons. The summed E-state index contributed by atoms with van der Waals surface area (Å²) >= 11 is 6.60. The van der Waals surface area contributed by atoms with E-state index >= 15 is 0 Å². The number of carbonyl (C=O) groups is 1. The number of nitrogens with zero attached hydrogens (tertiary/aromatic N) is 3. The van der Waals surface area contributed by atoms with Gasteiger partial charge in [0.15, 0.2) is 0 Å². The van der Waals surface area contributed by atoms with Gasteiger partial charge in [0.2, 0.25) is 6.41 Å². The number of amides is 1. The molecule has 9 nitrogen and oxygen atoms in total. The van der Waals surface area contributed by atoms with Crippen LogP contribution in [0.4, 0.5) is 22.7 Å². The van der Waals surface area contributed by atoms with Crippen LogP contribution < -0.4 is 32.1 Å². The highest BCUT2D eigenvalue weighted by molar-refractivity contribution is 6.34. The van der Waals surface area contributed by atoms with Gasteiger partial charge in [-0.15, -0.1) is 0 Å². The van der Waals surface area contributed by atoms with Gasteiger partial charge in [-0.05, 0) is 60.0 Å². The highest BCUT2D eigenvalue weighted by Crippen LogP contribution is 2.44. The van der Waals surface area contributed by atoms with Gasteiger partial charge in [-0.1, -0.05) is 17.7 Å². The molecule has 0 spiro atoms. The molecule has 3 aromatic carbocycles. The quantitative estimate of drug-likeness (QED) is 0.127. The summed E-state index contributed by atoms with van der Waals surface area (Å²) in [5.41, 5.74) is 15.4. The van der Waals surface area contributed by atoms with Crippen molar-refractivity contribution in [3.8, 4) is 28.0 Å². The van der Waals surface area contributed by atoms with Gasteiger partial charge in [-0.2, -0.15) is 0 Å². The first-order valence-corrected chi connectivity index (χ1v) is 12.7. The maximum Gasteiger partial charge on any atom is 0.218 e. The smallest absolute Gasteiger partial charge is 0.218 e. The van der Waals surface area contributed by atoms with Crippen LogP contribution in [0.2, 0.25) is 5.02 Å². The molecule has 1 aliphatic heterocycles. The predicted molar refractivity (Wildman–Crippen MR) is 157 cm³/mol. The molecule has 0 unspecified atom stereocenters. The molecular formula is C28H34ClN7O2. The third-order valence-electron chi connectivity index (χ3n) is 6.51. The number of carbonyl (C=O) groups excluding carboxylic acids is 1. The largest absolute Gasteiger partial charge is 0.507 e. The van der Waals surface area contributed by atoms with Crippen LogP contribution in [-0.4, -0.2) is 56.7 Å². The van der Waals surface area contributed by atoms with E-state index in [1.807, 2.05) is 56.3 Å². The molecule has 1 aliphatic rings. The number of hydrogen-bond donors (Lipinski definition) is 5. The van der Waals surface area contributed by atoms with Gasteiger partial charge in [0, 0.05) is 63.8 Å². The summed E-state index contributed by atoms with van der Waals surface area (Å²) in [6.45, 7) is 5.32. The summed E-state index contributed by atoms with van der Waals surface area (Å²) in [6.07, 6.45) is 4.09. The van der Waals surface area contributed by atoms with Crippen molar-refractivity contribution in [3.63, 3.8) is 0 Å². The molecule has 7 N–H and O–H groups in total. The molecule has 1 saturated heterocycles. The van der Waals surface area contributed by atoms with Crippen molar-refractivity contribution in [1.82, 2.24) is 10.2 Å². The van der Waals surface area contributed by atoms with Crippen LogP contribution in [0.25, 0.3) is 22.3 Å². The summed E-state index contributed by atoms with van der Waals surface area (Å²) in [6, 6.07) is 13.0. The molecule has 38 heavy (non-hydrogen) atoms. The highest BCUT2D eigenvalue weighted by Gasteiger charge is 2.20. The van der Waals surface area contributed by atoms with Crippen molar-refractivity contribution in [3.05, 3.63) is 65.5 Å². The molecule has 1 fully saturated rings. The second-order valence-corrected chi connectivity index (χ2v) is 9.89. The third kappa shape index (κ3) is 5.65. The average molecular weight is 536 g/mol. The lowest BCUT2D eigenvalue weighted by atomic mass is 9.93. The van der Waals surface area contributed by atoms with Crippen LogP contribution in [0.3, 0.4) is 0 Å². The number of nitrogens with one attached hydrogen (secondary N) is 2. The Balaban J connectivity index is 1.79. The van der Waals surface area contributed by atoms with Gasteiger partial charge in [0.1, 0.15) is 5.75 Å². The minimum atomic E-state index is 0.109. The lowest BCUT2D eigenvalue weighted by Gasteiger charge is -2.31. The van der Waals surface area contributed by atoms with E-state index in [-0.39, 0.29) is 5.75 Å². The van der Waals surface area contributed by atoms with Crippen LogP contribution in [0.1, 0.15) is 5.56 Å².